The molecule has 0 aliphatic carbocycles. The molecule has 0 rings (SSSR count). The number of rotatable bonds is 9. The van der Waals surface area contributed by atoms with Gasteiger partial charge in [-0.15, -0.1) is 0 Å². The Morgan fingerprint density at radius 2 is 1.71 bits per heavy atom. The Labute approximate surface area is 101 Å². The Morgan fingerprint density at radius 1 is 1.12 bits per heavy atom. The molecule has 0 aliphatic rings. The molecule has 0 fully saturated rings. The van der Waals surface area contributed by atoms with Gasteiger partial charge in [0.25, 0.3) is 0 Å². The highest BCUT2D eigenvalue weighted by atomic mass is 16.4. The molecule has 5 nitrogen and oxygen atoms in total. The topological polar surface area (TPSA) is 91.7 Å². The number of hydrogen-bond donors (Lipinski definition) is 2. The number of carboxylic acid groups (broad SMARTS) is 2. The van der Waals surface area contributed by atoms with Crippen LogP contribution in [-0.2, 0) is 14.4 Å². The van der Waals surface area contributed by atoms with Gasteiger partial charge in [0.05, 0.1) is 6.42 Å². The number of carbonyl (C=O) groups excluding carboxylic acids is 1. The summed E-state index contributed by atoms with van der Waals surface area (Å²) in [5.74, 6) is -4.79. The number of carboxylic acids is 2. The Kier molecular flexibility index (Phi) is 7.18. The molecule has 2 atom stereocenters. The predicted molar refractivity (Wildman–Crippen MR) is 61.7 cm³/mol. The summed E-state index contributed by atoms with van der Waals surface area (Å²) in [7, 11) is 0. The molecule has 0 aromatic heterocycles. The van der Waals surface area contributed by atoms with Crippen molar-refractivity contribution in [2.75, 3.05) is 0 Å². The summed E-state index contributed by atoms with van der Waals surface area (Å²) in [5.41, 5.74) is 0. The molecule has 0 bridgehead atoms. The average Bonchev–Trinajstić information content (AvgIpc) is 2.26. The summed E-state index contributed by atoms with van der Waals surface area (Å²) in [6.07, 6.45) is 2.35. The Bertz CT molecular complexity index is 285. The predicted octanol–water partition coefficient (Wildman–Crippen LogP) is 1.95. The third-order valence-electron chi connectivity index (χ3n) is 2.82. The molecule has 0 spiro atoms. The zero-order valence-corrected chi connectivity index (χ0v) is 10.3. The first-order valence-corrected chi connectivity index (χ1v) is 5.92. The monoisotopic (exact) mass is 244 g/mol. The minimum Gasteiger partial charge on any atom is -0.481 e. The van der Waals surface area contributed by atoms with Gasteiger partial charge in [-0.05, 0) is 12.8 Å². The summed E-state index contributed by atoms with van der Waals surface area (Å²) in [6.45, 7) is 3.81. The molecule has 0 radical (unpaired) electrons. The molecule has 0 aromatic rings. The van der Waals surface area contributed by atoms with E-state index in [0.29, 0.717) is 12.8 Å². The van der Waals surface area contributed by atoms with Crippen molar-refractivity contribution >= 4 is 17.7 Å². The van der Waals surface area contributed by atoms with Crippen molar-refractivity contribution in [3.63, 3.8) is 0 Å². The van der Waals surface area contributed by atoms with Crippen LogP contribution in [0.15, 0.2) is 0 Å². The number of unbranched alkanes of at least 4 members (excludes halogenated alkanes) is 1. The molecule has 5 heteroatoms. The number of ketones is 1. The quantitative estimate of drug-likeness (QED) is 0.605. The molecule has 2 N–H and O–H groups in total. The zero-order chi connectivity index (χ0) is 13.4. The van der Waals surface area contributed by atoms with Crippen molar-refractivity contribution < 1.29 is 24.6 Å². The molecule has 0 heterocycles. The zero-order valence-electron chi connectivity index (χ0n) is 10.3. The highest BCUT2D eigenvalue weighted by Crippen LogP contribution is 2.20. The Morgan fingerprint density at radius 3 is 2.06 bits per heavy atom. The van der Waals surface area contributed by atoms with Crippen LogP contribution < -0.4 is 0 Å². The summed E-state index contributed by atoms with van der Waals surface area (Å²) >= 11 is 0. The molecular weight excluding hydrogens is 224 g/mol. The van der Waals surface area contributed by atoms with Gasteiger partial charge in [-0.3, -0.25) is 14.4 Å². The first-order chi connectivity index (χ1) is 7.93. The van der Waals surface area contributed by atoms with Gasteiger partial charge in [0.2, 0.25) is 0 Å². The van der Waals surface area contributed by atoms with E-state index in [1.807, 2.05) is 13.8 Å². The van der Waals surface area contributed by atoms with Crippen molar-refractivity contribution in [3.8, 4) is 0 Å². The summed E-state index contributed by atoms with van der Waals surface area (Å²) < 4.78 is 0. The van der Waals surface area contributed by atoms with Gasteiger partial charge in [-0.1, -0.05) is 26.7 Å². The number of carbonyl (C=O) groups is 3. The van der Waals surface area contributed by atoms with Crippen LogP contribution in [0.1, 0.15) is 46.0 Å². The van der Waals surface area contributed by atoms with Crippen molar-refractivity contribution in [1.29, 1.82) is 0 Å². The molecular formula is C12H20O5. The van der Waals surface area contributed by atoms with Crippen molar-refractivity contribution in [2.45, 2.75) is 46.0 Å². The molecule has 0 amide bonds. The largest absolute Gasteiger partial charge is 0.481 e. The number of Topliss-reactive ketones (excluding diaryl/α,β-unsaturated/α-hetero) is 1. The highest BCUT2D eigenvalue weighted by molar-refractivity contribution is 6.01. The van der Waals surface area contributed by atoms with Gasteiger partial charge in [-0.25, -0.2) is 0 Å². The lowest BCUT2D eigenvalue weighted by Gasteiger charge is -2.17. The van der Waals surface area contributed by atoms with E-state index >= 15 is 0 Å². The van der Waals surface area contributed by atoms with Crippen LogP contribution in [0.4, 0.5) is 0 Å². The molecule has 0 aromatic carbocycles. The van der Waals surface area contributed by atoms with Crippen LogP contribution in [0, 0.1) is 11.8 Å². The van der Waals surface area contributed by atoms with Gasteiger partial charge in [0.15, 0.2) is 5.78 Å². The van der Waals surface area contributed by atoms with E-state index in [9.17, 15) is 14.4 Å². The van der Waals surface area contributed by atoms with Gasteiger partial charge in [0, 0.05) is 5.92 Å². The fourth-order valence-electron chi connectivity index (χ4n) is 1.77. The van der Waals surface area contributed by atoms with Crippen molar-refractivity contribution in [1.82, 2.24) is 0 Å². The minimum absolute atomic E-state index is 0.338. The summed E-state index contributed by atoms with van der Waals surface area (Å²) in [4.78, 5) is 33.3. The van der Waals surface area contributed by atoms with E-state index in [1.54, 1.807) is 0 Å². The average molecular weight is 244 g/mol. The lowest BCUT2D eigenvalue weighted by molar-refractivity contribution is -0.153. The first kappa shape index (κ1) is 15.6. The Balaban J connectivity index is 4.66. The molecule has 2 unspecified atom stereocenters. The normalized spacial score (nSPS) is 14.0. The second kappa shape index (κ2) is 7.81. The molecule has 17 heavy (non-hydrogen) atoms. The lowest BCUT2D eigenvalue weighted by Crippen LogP contribution is -2.31. The third kappa shape index (κ3) is 5.47. The van der Waals surface area contributed by atoms with Crippen LogP contribution in [0.3, 0.4) is 0 Å². The van der Waals surface area contributed by atoms with Crippen LogP contribution >= 0.6 is 0 Å². The maximum absolute atomic E-state index is 11.9. The fourth-order valence-corrected chi connectivity index (χ4v) is 1.77. The van der Waals surface area contributed by atoms with E-state index in [1.165, 1.54) is 0 Å². The standard InChI is InChI=1S/C12H20O5/c1-3-5-6-8(4-2)11(15)9(12(16)17)7-10(13)14/h8-9H,3-7H2,1-2H3,(H,13,14)(H,16,17). The third-order valence-corrected chi connectivity index (χ3v) is 2.82. The van der Waals surface area contributed by atoms with Gasteiger partial charge in [0.1, 0.15) is 5.92 Å². The smallest absolute Gasteiger partial charge is 0.314 e. The number of aliphatic carboxylic acids is 2. The Hall–Kier alpha value is -1.39. The van der Waals surface area contributed by atoms with E-state index < -0.39 is 30.1 Å². The summed E-state index contributed by atoms with van der Waals surface area (Å²) in [6, 6.07) is 0. The maximum Gasteiger partial charge on any atom is 0.314 e. The summed E-state index contributed by atoms with van der Waals surface area (Å²) in [5, 5.41) is 17.5. The van der Waals surface area contributed by atoms with E-state index in [0.717, 1.165) is 12.8 Å². The highest BCUT2D eigenvalue weighted by Gasteiger charge is 2.32. The van der Waals surface area contributed by atoms with E-state index in [-0.39, 0.29) is 5.92 Å². The van der Waals surface area contributed by atoms with Crippen molar-refractivity contribution in [2.24, 2.45) is 11.8 Å². The minimum atomic E-state index is -1.41. The van der Waals surface area contributed by atoms with Gasteiger partial charge < -0.3 is 10.2 Å². The molecule has 0 saturated heterocycles. The van der Waals surface area contributed by atoms with Gasteiger partial charge in [-0.2, -0.15) is 0 Å². The van der Waals surface area contributed by atoms with E-state index in [4.69, 9.17) is 10.2 Å². The number of hydrogen-bond acceptors (Lipinski definition) is 3. The van der Waals surface area contributed by atoms with Crippen LogP contribution in [0.5, 0.6) is 0 Å². The van der Waals surface area contributed by atoms with Crippen LogP contribution in [0.25, 0.3) is 0 Å². The SMILES string of the molecule is CCCCC(CC)C(=O)C(CC(=O)O)C(=O)O. The molecule has 98 valence electrons. The second-order valence-electron chi connectivity index (χ2n) is 4.14. The first-order valence-electron chi connectivity index (χ1n) is 5.92. The maximum atomic E-state index is 11.9. The molecule has 0 aliphatic heterocycles. The van der Waals surface area contributed by atoms with Crippen LogP contribution in [0.2, 0.25) is 0 Å². The van der Waals surface area contributed by atoms with Gasteiger partial charge >= 0.3 is 11.9 Å². The second-order valence-corrected chi connectivity index (χ2v) is 4.14. The van der Waals surface area contributed by atoms with Crippen molar-refractivity contribution in [3.05, 3.63) is 0 Å². The fraction of sp³-hybridized carbons (Fsp3) is 0.750. The molecule has 0 saturated carbocycles. The lowest BCUT2D eigenvalue weighted by atomic mass is 9.85. The van der Waals surface area contributed by atoms with E-state index in [2.05, 4.69) is 0 Å². The van der Waals surface area contributed by atoms with Crippen LogP contribution in [-0.4, -0.2) is 27.9 Å².